The minimum absolute atomic E-state index is 0.306. The van der Waals surface area contributed by atoms with Crippen LogP contribution in [0, 0.1) is 0 Å². The molecule has 8 heteroatoms. The van der Waals surface area contributed by atoms with Crippen LogP contribution in [-0.2, 0) is 15.1 Å². The van der Waals surface area contributed by atoms with E-state index in [4.69, 9.17) is 25.2 Å². The molecule has 1 aliphatic heterocycles. The van der Waals surface area contributed by atoms with Gasteiger partial charge in [-0.25, -0.2) is 4.79 Å². The number of carbonyl (C=O) groups is 1. The van der Waals surface area contributed by atoms with Crippen LogP contribution in [-0.4, -0.2) is 56.7 Å². The lowest BCUT2D eigenvalue weighted by Gasteiger charge is -2.34. The molecule has 1 atom stereocenters. The summed E-state index contributed by atoms with van der Waals surface area (Å²) in [6, 6.07) is 47.7. The predicted octanol–water partition coefficient (Wildman–Crippen LogP) is 9.54. The first-order valence-electron chi connectivity index (χ1n) is 19.0. The summed E-state index contributed by atoms with van der Waals surface area (Å²) in [5.41, 5.74) is 8.31. The van der Waals surface area contributed by atoms with E-state index in [1.54, 1.807) is 4.80 Å². The van der Waals surface area contributed by atoms with Crippen molar-refractivity contribution < 1.29 is 14.1 Å². The number of unbranched alkanes of at least 4 members (excludes halogenated alkanes) is 1. The van der Waals surface area contributed by atoms with Crippen molar-refractivity contribution in [1.82, 2.24) is 20.2 Å². The normalized spacial score (nSPS) is 15.7. The molecule has 0 fully saturated rings. The molecule has 1 unspecified atom stereocenters. The minimum Gasteiger partial charge on any atom is -0.462 e. The topological polar surface area (TPSA) is 82.3 Å². The highest BCUT2D eigenvalue weighted by Gasteiger charge is 2.44. The molecule has 0 amide bonds. The van der Waals surface area contributed by atoms with Crippen molar-refractivity contribution in [2.24, 2.45) is 5.10 Å². The highest BCUT2D eigenvalue weighted by Crippen LogP contribution is 2.42. The summed E-state index contributed by atoms with van der Waals surface area (Å²) in [4.78, 5) is 15.3. The molecule has 6 aromatic rings. The van der Waals surface area contributed by atoms with Crippen LogP contribution in [0.2, 0.25) is 0 Å². The number of hydrogen-bond acceptors (Lipinski definition) is 6. The second-order valence-electron chi connectivity index (χ2n) is 13.8. The average molecular weight is 716 g/mol. The van der Waals surface area contributed by atoms with Crippen LogP contribution in [0.25, 0.3) is 28.2 Å². The van der Waals surface area contributed by atoms with Gasteiger partial charge in [-0.3, -0.25) is 0 Å². The van der Waals surface area contributed by atoms with Gasteiger partial charge in [0.05, 0.1) is 13.7 Å². The van der Waals surface area contributed by atoms with Crippen molar-refractivity contribution in [3.63, 3.8) is 0 Å². The van der Waals surface area contributed by atoms with Crippen LogP contribution in [0.4, 0.5) is 0 Å². The largest absolute Gasteiger partial charge is 0.462 e. The Kier molecular flexibility index (Phi) is 10.7. The number of aromatic nitrogens is 4. The fourth-order valence-electron chi connectivity index (χ4n) is 7.71. The molecule has 0 aliphatic carbocycles. The summed E-state index contributed by atoms with van der Waals surface area (Å²) in [7, 11) is 2.10. The Hall–Kier alpha value is -5.99. The third-order valence-corrected chi connectivity index (χ3v) is 10.2. The van der Waals surface area contributed by atoms with Crippen molar-refractivity contribution in [2.75, 3.05) is 20.2 Å². The van der Waals surface area contributed by atoms with Crippen molar-refractivity contribution >= 4 is 17.4 Å². The lowest BCUT2D eigenvalue weighted by molar-refractivity contribution is -0.844. The molecule has 5 aromatic carbocycles. The summed E-state index contributed by atoms with van der Waals surface area (Å²) in [6.45, 7) is 7.25. The molecule has 0 saturated carbocycles. The van der Waals surface area contributed by atoms with Gasteiger partial charge in [-0.15, -0.1) is 15.0 Å². The number of ether oxygens (including phenoxy) is 1. The van der Waals surface area contributed by atoms with E-state index in [9.17, 15) is 4.79 Å². The zero-order valence-electron chi connectivity index (χ0n) is 31.5. The first-order valence-corrected chi connectivity index (χ1v) is 19.0. The number of rotatable bonds is 14. The van der Waals surface area contributed by atoms with E-state index in [0.717, 1.165) is 82.6 Å². The minimum atomic E-state index is -0.876. The van der Waals surface area contributed by atoms with Gasteiger partial charge in [0.15, 0.2) is 16.8 Å². The number of carbonyl (C=O) groups excluding carboxylic acids is 1. The Morgan fingerprint density at radius 1 is 0.685 bits per heavy atom. The SMILES string of the molecule is CCCC[N+]1(C)N=C(CCC)C(C(=O)OCC)=C1c1ccc(-c2ccccc2-c2nnn(C(c3ccccc3)(c3ccccc3)c3ccccc3)n2)cc1. The predicted molar refractivity (Wildman–Crippen MR) is 215 cm³/mol. The maximum absolute atomic E-state index is 13.5. The summed E-state index contributed by atoms with van der Waals surface area (Å²) in [6.07, 6.45) is 3.63. The van der Waals surface area contributed by atoms with E-state index in [0.29, 0.717) is 22.6 Å². The van der Waals surface area contributed by atoms with Gasteiger partial charge < -0.3 is 4.74 Å². The second kappa shape index (κ2) is 15.9. The Morgan fingerprint density at radius 3 is 1.76 bits per heavy atom. The van der Waals surface area contributed by atoms with E-state index in [1.807, 2.05) is 79.7 Å². The molecule has 0 bridgehead atoms. The molecular weight excluding hydrogens is 669 g/mol. The van der Waals surface area contributed by atoms with Gasteiger partial charge in [0.25, 0.3) is 0 Å². The van der Waals surface area contributed by atoms with Gasteiger partial charge >= 0.3 is 5.97 Å². The molecule has 272 valence electrons. The standard InChI is InChI=1S/C46H47N6O2/c1-5-8-33-52(4)43(42(45(53)54-7-3)41(49-52)20-6-2)35-31-29-34(30-32-35)39-27-18-19-28-40(39)44-47-50-51(48-44)46(36-21-12-9-13-22-36,37-23-14-10-15-24-37)38-25-16-11-17-26-38/h9-19,21-32H,5-8,20,33H2,1-4H3/q+1. The lowest BCUT2D eigenvalue weighted by atomic mass is 9.77. The van der Waals surface area contributed by atoms with Gasteiger partial charge in [-0.05, 0) is 64.9 Å². The van der Waals surface area contributed by atoms with Crippen molar-refractivity contribution in [2.45, 2.75) is 52.0 Å². The van der Waals surface area contributed by atoms with E-state index in [2.05, 4.69) is 87.6 Å². The van der Waals surface area contributed by atoms with Crippen molar-refractivity contribution in [1.29, 1.82) is 0 Å². The number of benzene rings is 5. The summed E-state index contributed by atoms with van der Waals surface area (Å²) < 4.78 is 5.94. The van der Waals surface area contributed by atoms with Crippen molar-refractivity contribution in [3.05, 3.63) is 167 Å². The summed E-state index contributed by atoms with van der Waals surface area (Å²) in [5, 5.41) is 19.9. The quantitative estimate of drug-likeness (QED) is 0.0638. The summed E-state index contributed by atoms with van der Waals surface area (Å²) in [5.74, 6) is 0.213. The van der Waals surface area contributed by atoms with Crippen LogP contribution in [0.15, 0.2) is 150 Å². The van der Waals surface area contributed by atoms with Gasteiger partial charge in [-0.2, -0.15) is 4.59 Å². The van der Waals surface area contributed by atoms with E-state index >= 15 is 0 Å². The first-order chi connectivity index (χ1) is 26.4. The van der Waals surface area contributed by atoms with Crippen LogP contribution in [0.1, 0.15) is 68.7 Å². The Morgan fingerprint density at radius 2 is 1.22 bits per heavy atom. The molecule has 0 N–H and O–H groups in total. The van der Waals surface area contributed by atoms with Gasteiger partial charge in [0.2, 0.25) is 5.82 Å². The van der Waals surface area contributed by atoms with E-state index in [1.165, 1.54) is 0 Å². The van der Waals surface area contributed by atoms with Crippen molar-refractivity contribution in [3.8, 4) is 22.5 Å². The molecule has 7 rings (SSSR count). The number of quaternary nitrogens is 1. The summed E-state index contributed by atoms with van der Waals surface area (Å²) >= 11 is 0. The molecular formula is C46H47N6O2+. The zero-order chi connectivity index (χ0) is 37.5. The average Bonchev–Trinajstić information content (AvgIpc) is 3.82. The maximum Gasteiger partial charge on any atom is 0.346 e. The van der Waals surface area contributed by atoms with Crippen LogP contribution in [0.3, 0.4) is 0 Å². The fraction of sp³-hybridized carbons (Fsp3) is 0.239. The smallest absolute Gasteiger partial charge is 0.346 e. The first kappa shape index (κ1) is 36.4. The van der Waals surface area contributed by atoms with Crippen LogP contribution >= 0.6 is 0 Å². The van der Waals surface area contributed by atoms with Gasteiger partial charge in [0.1, 0.15) is 12.3 Å². The van der Waals surface area contributed by atoms with Gasteiger partial charge in [-0.1, -0.05) is 159 Å². The molecule has 0 radical (unpaired) electrons. The zero-order valence-corrected chi connectivity index (χ0v) is 31.5. The molecule has 2 heterocycles. The highest BCUT2D eigenvalue weighted by atomic mass is 16.5. The van der Waals surface area contributed by atoms with Crippen LogP contribution < -0.4 is 0 Å². The Bertz CT molecular complexity index is 2170. The Balaban J connectivity index is 1.33. The molecule has 54 heavy (non-hydrogen) atoms. The third-order valence-electron chi connectivity index (χ3n) is 10.2. The number of tetrazole rings is 1. The molecule has 1 aliphatic rings. The van der Waals surface area contributed by atoms with E-state index in [-0.39, 0.29) is 5.97 Å². The second-order valence-corrected chi connectivity index (χ2v) is 13.8. The lowest BCUT2D eigenvalue weighted by Crippen LogP contribution is -2.39. The number of nitrogens with zero attached hydrogens (tertiary/aromatic N) is 6. The monoisotopic (exact) mass is 715 g/mol. The fourth-order valence-corrected chi connectivity index (χ4v) is 7.71. The number of esters is 1. The van der Waals surface area contributed by atoms with Crippen LogP contribution in [0.5, 0.6) is 0 Å². The highest BCUT2D eigenvalue weighted by molar-refractivity contribution is 6.25. The molecule has 0 saturated heterocycles. The van der Waals surface area contributed by atoms with Gasteiger partial charge in [0, 0.05) is 11.1 Å². The maximum atomic E-state index is 13.5. The Labute approximate surface area is 318 Å². The van der Waals surface area contributed by atoms with E-state index < -0.39 is 5.54 Å². The molecule has 8 nitrogen and oxygen atoms in total. The molecule has 1 aromatic heterocycles. The molecule has 0 spiro atoms. The number of hydrogen-bond donors (Lipinski definition) is 0. The third kappa shape index (κ3) is 6.69.